The fraction of sp³-hybridized carbons (Fsp3) is 0.333. The Labute approximate surface area is 126 Å². The second-order valence-electron chi connectivity index (χ2n) is 5.44. The number of methoxy groups -OCH3 is 1. The predicted octanol–water partition coefficient (Wildman–Crippen LogP) is 3.09. The average Bonchev–Trinajstić information content (AvgIpc) is 2.49. The summed E-state index contributed by atoms with van der Waals surface area (Å²) in [5, 5.41) is 10.7. The molecular weight excluding hydrogens is 262 g/mol. The molecule has 0 radical (unpaired) electrons. The van der Waals surface area contributed by atoms with Gasteiger partial charge in [-0.3, -0.25) is 0 Å². The molecule has 112 valence electrons. The van der Waals surface area contributed by atoms with Crippen molar-refractivity contribution in [1.82, 2.24) is 0 Å². The summed E-state index contributed by atoms with van der Waals surface area (Å²) in [7, 11) is 1.64. The van der Waals surface area contributed by atoms with E-state index in [1.165, 1.54) is 5.56 Å². The molecule has 0 bridgehead atoms. The highest BCUT2D eigenvalue weighted by Gasteiger charge is 2.24. The minimum atomic E-state index is -0.647. The van der Waals surface area contributed by atoms with Crippen LogP contribution in [-0.2, 0) is 0 Å². The molecule has 0 aliphatic heterocycles. The molecule has 3 nitrogen and oxygen atoms in total. The zero-order valence-electron chi connectivity index (χ0n) is 12.8. The summed E-state index contributed by atoms with van der Waals surface area (Å²) in [5.74, 6) is 0.574. The van der Waals surface area contributed by atoms with E-state index in [4.69, 9.17) is 10.5 Å². The summed E-state index contributed by atoms with van der Waals surface area (Å²) in [4.78, 5) is 0. The topological polar surface area (TPSA) is 55.5 Å². The van der Waals surface area contributed by atoms with Crippen molar-refractivity contribution in [1.29, 1.82) is 0 Å². The Morgan fingerprint density at radius 1 is 1.05 bits per heavy atom. The predicted molar refractivity (Wildman–Crippen MR) is 85.7 cm³/mol. The molecule has 0 aliphatic carbocycles. The number of benzene rings is 2. The van der Waals surface area contributed by atoms with Gasteiger partial charge in [-0.05, 0) is 25.5 Å². The molecule has 0 saturated carbocycles. The Hall–Kier alpha value is -1.84. The van der Waals surface area contributed by atoms with Crippen LogP contribution in [0.15, 0.2) is 42.5 Å². The van der Waals surface area contributed by atoms with Crippen LogP contribution in [0.25, 0.3) is 0 Å². The quantitative estimate of drug-likeness (QED) is 0.887. The second kappa shape index (κ2) is 6.74. The minimum absolute atomic E-state index is 0.192. The average molecular weight is 285 g/mol. The third-order valence-corrected chi connectivity index (χ3v) is 3.84. The molecule has 2 atom stereocenters. The lowest BCUT2D eigenvalue weighted by Crippen LogP contribution is -2.21. The molecule has 2 aromatic carbocycles. The van der Waals surface area contributed by atoms with E-state index in [0.717, 1.165) is 22.4 Å². The highest BCUT2D eigenvalue weighted by Crippen LogP contribution is 2.36. The summed E-state index contributed by atoms with van der Waals surface area (Å²) >= 11 is 0. The number of aryl methyl sites for hydroxylation is 2. The highest BCUT2D eigenvalue weighted by atomic mass is 16.5. The number of nitrogens with two attached hydrogens (primary N) is 1. The molecule has 2 unspecified atom stereocenters. The summed E-state index contributed by atoms with van der Waals surface area (Å²) in [6.07, 6.45) is -0.647. The van der Waals surface area contributed by atoms with Gasteiger partial charge in [0.1, 0.15) is 5.75 Å². The van der Waals surface area contributed by atoms with Gasteiger partial charge in [-0.1, -0.05) is 47.5 Å². The van der Waals surface area contributed by atoms with Gasteiger partial charge in [-0.2, -0.15) is 0 Å². The third kappa shape index (κ3) is 3.43. The molecule has 21 heavy (non-hydrogen) atoms. The Balaban J connectivity index is 2.39. The second-order valence-corrected chi connectivity index (χ2v) is 5.44. The first-order chi connectivity index (χ1) is 10.1. The van der Waals surface area contributed by atoms with E-state index < -0.39 is 6.10 Å². The molecule has 0 fully saturated rings. The Kier molecular flexibility index (Phi) is 4.99. The fourth-order valence-corrected chi connectivity index (χ4v) is 2.57. The normalized spacial score (nSPS) is 13.8. The van der Waals surface area contributed by atoms with E-state index in [1.807, 2.05) is 56.3 Å². The maximum Gasteiger partial charge on any atom is 0.122 e. The summed E-state index contributed by atoms with van der Waals surface area (Å²) < 4.78 is 5.42. The monoisotopic (exact) mass is 285 g/mol. The molecule has 0 spiro atoms. The Morgan fingerprint density at radius 2 is 1.67 bits per heavy atom. The van der Waals surface area contributed by atoms with Crippen LogP contribution in [0.5, 0.6) is 5.75 Å². The first kappa shape index (κ1) is 15.5. The molecule has 0 amide bonds. The van der Waals surface area contributed by atoms with E-state index in [2.05, 4.69) is 0 Å². The number of hydrogen-bond acceptors (Lipinski definition) is 3. The van der Waals surface area contributed by atoms with Crippen LogP contribution >= 0.6 is 0 Å². The van der Waals surface area contributed by atoms with E-state index in [1.54, 1.807) is 7.11 Å². The summed E-state index contributed by atoms with van der Waals surface area (Å²) in [6, 6.07) is 13.9. The summed E-state index contributed by atoms with van der Waals surface area (Å²) in [5.41, 5.74) is 10.1. The van der Waals surface area contributed by atoms with Crippen molar-refractivity contribution in [2.75, 3.05) is 13.7 Å². The maximum absolute atomic E-state index is 10.7. The zero-order chi connectivity index (χ0) is 15.4. The molecule has 2 aromatic rings. The molecule has 0 aliphatic rings. The van der Waals surface area contributed by atoms with E-state index >= 15 is 0 Å². The van der Waals surface area contributed by atoms with Crippen LogP contribution in [0.1, 0.15) is 34.3 Å². The van der Waals surface area contributed by atoms with E-state index in [9.17, 15) is 5.11 Å². The first-order valence-corrected chi connectivity index (χ1v) is 7.16. The Morgan fingerprint density at radius 3 is 2.24 bits per heavy atom. The van der Waals surface area contributed by atoms with E-state index in [-0.39, 0.29) is 5.92 Å². The van der Waals surface area contributed by atoms with Crippen molar-refractivity contribution >= 4 is 0 Å². The largest absolute Gasteiger partial charge is 0.496 e. The van der Waals surface area contributed by atoms with Crippen LogP contribution in [0.2, 0.25) is 0 Å². The van der Waals surface area contributed by atoms with Gasteiger partial charge in [0.25, 0.3) is 0 Å². The van der Waals surface area contributed by atoms with Gasteiger partial charge in [0.2, 0.25) is 0 Å². The van der Waals surface area contributed by atoms with Crippen LogP contribution in [-0.4, -0.2) is 18.8 Å². The van der Waals surface area contributed by atoms with Gasteiger partial charge in [0.05, 0.1) is 13.2 Å². The van der Waals surface area contributed by atoms with Crippen LogP contribution in [0, 0.1) is 13.8 Å². The first-order valence-electron chi connectivity index (χ1n) is 7.16. The van der Waals surface area contributed by atoms with Gasteiger partial charge in [-0.15, -0.1) is 0 Å². The van der Waals surface area contributed by atoms with Gasteiger partial charge >= 0.3 is 0 Å². The zero-order valence-corrected chi connectivity index (χ0v) is 12.8. The highest BCUT2D eigenvalue weighted by molar-refractivity contribution is 5.41. The molecule has 3 heteroatoms. The van der Waals surface area contributed by atoms with Crippen LogP contribution in [0.4, 0.5) is 0 Å². The van der Waals surface area contributed by atoms with Crippen molar-refractivity contribution < 1.29 is 9.84 Å². The molecule has 3 N–H and O–H groups in total. The minimum Gasteiger partial charge on any atom is -0.496 e. The third-order valence-electron chi connectivity index (χ3n) is 3.84. The SMILES string of the molecule is COc1ccc(C)cc1C(CN)C(O)c1ccc(C)cc1. The van der Waals surface area contributed by atoms with Crippen LogP contribution in [0.3, 0.4) is 0 Å². The number of ether oxygens (including phenoxy) is 1. The summed E-state index contributed by atoms with van der Waals surface area (Å²) in [6.45, 7) is 4.41. The van der Waals surface area contributed by atoms with Crippen molar-refractivity contribution in [3.63, 3.8) is 0 Å². The van der Waals surface area contributed by atoms with Gasteiger partial charge < -0.3 is 15.6 Å². The van der Waals surface area contributed by atoms with Gasteiger partial charge in [0, 0.05) is 18.0 Å². The number of aliphatic hydroxyl groups excluding tert-OH is 1. The lowest BCUT2D eigenvalue weighted by atomic mass is 9.87. The molecule has 0 saturated heterocycles. The van der Waals surface area contributed by atoms with Crippen molar-refractivity contribution in [3.05, 3.63) is 64.7 Å². The van der Waals surface area contributed by atoms with Gasteiger partial charge in [0.15, 0.2) is 0 Å². The molecule has 2 rings (SSSR count). The van der Waals surface area contributed by atoms with Crippen molar-refractivity contribution in [3.8, 4) is 5.75 Å². The number of hydrogen-bond donors (Lipinski definition) is 2. The molecule has 0 heterocycles. The standard InChI is InChI=1S/C18H23NO2/c1-12-4-7-14(8-5-12)18(20)16(11-19)15-10-13(2)6-9-17(15)21-3/h4-10,16,18,20H,11,19H2,1-3H3. The molecule has 0 aromatic heterocycles. The molecular formula is C18H23NO2. The smallest absolute Gasteiger partial charge is 0.122 e. The Bertz CT molecular complexity index is 593. The van der Waals surface area contributed by atoms with Gasteiger partial charge in [-0.25, -0.2) is 0 Å². The maximum atomic E-state index is 10.7. The number of rotatable bonds is 5. The number of aliphatic hydroxyl groups is 1. The van der Waals surface area contributed by atoms with Crippen LogP contribution < -0.4 is 10.5 Å². The van der Waals surface area contributed by atoms with Crippen molar-refractivity contribution in [2.24, 2.45) is 5.73 Å². The fourth-order valence-electron chi connectivity index (χ4n) is 2.57. The van der Waals surface area contributed by atoms with E-state index in [0.29, 0.717) is 6.54 Å². The lowest BCUT2D eigenvalue weighted by molar-refractivity contribution is 0.146. The lowest BCUT2D eigenvalue weighted by Gasteiger charge is -2.24. The van der Waals surface area contributed by atoms with Crippen molar-refractivity contribution in [2.45, 2.75) is 25.9 Å².